The normalized spacial score (nSPS) is 16.2. The lowest BCUT2D eigenvalue weighted by Crippen LogP contribution is -2.37. The second kappa shape index (κ2) is 17.0. The highest BCUT2D eigenvalue weighted by Crippen LogP contribution is 2.26. The lowest BCUT2D eigenvalue weighted by molar-refractivity contribution is 0.0691. The Balaban J connectivity index is 0.000000132. The Morgan fingerprint density at radius 2 is 1.25 bits per heavy atom. The number of rotatable bonds is 7. The number of hydrogen-bond acceptors (Lipinski definition) is 15. The van der Waals surface area contributed by atoms with E-state index in [0.717, 1.165) is 76.5 Å². The van der Waals surface area contributed by atoms with E-state index in [4.69, 9.17) is 10.8 Å². The topological polar surface area (TPSA) is 211 Å². The minimum Gasteiger partial charge on any atom is -0.476 e. The predicted octanol–water partition coefficient (Wildman–Crippen LogP) is 4.43. The van der Waals surface area contributed by atoms with Crippen LogP contribution in [0.3, 0.4) is 0 Å². The zero-order chi connectivity index (χ0) is 39.1. The molecular formula is C38H36N14O3S2. The molecule has 1 amide bonds. The molecule has 0 unspecified atom stereocenters. The van der Waals surface area contributed by atoms with Crippen molar-refractivity contribution in [2.75, 3.05) is 36.0 Å². The molecule has 0 aliphatic carbocycles. The number of nitrogens with two attached hydrogens (primary N) is 1. The molecule has 0 spiro atoms. The van der Waals surface area contributed by atoms with Gasteiger partial charge in [-0.2, -0.15) is 0 Å². The minimum atomic E-state index is -0.983. The van der Waals surface area contributed by atoms with Crippen molar-refractivity contribution in [1.29, 1.82) is 0 Å². The molecule has 2 atom stereocenters. The van der Waals surface area contributed by atoms with Gasteiger partial charge in [0, 0.05) is 84.9 Å². The van der Waals surface area contributed by atoms with Gasteiger partial charge in [0.15, 0.2) is 17.3 Å². The van der Waals surface area contributed by atoms with Crippen LogP contribution in [0.4, 0.5) is 11.6 Å². The van der Waals surface area contributed by atoms with Gasteiger partial charge in [0.1, 0.15) is 28.4 Å². The van der Waals surface area contributed by atoms with Gasteiger partial charge in [-0.3, -0.25) is 13.6 Å². The summed E-state index contributed by atoms with van der Waals surface area (Å²) in [6.07, 6.45) is 12.3. The number of fused-ring (bicyclic) bond motifs is 2. The number of hydrogen-bond donors (Lipinski definition) is 3. The molecule has 8 aromatic rings. The van der Waals surface area contributed by atoms with E-state index >= 15 is 0 Å². The van der Waals surface area contributed by atoms with E-state index in [-0.39, 0.29) is 23.7 Å². The van der Waals surface area contributed by atoms with E-state index in [2.05, 4.69) is 55.4 Å². The van der Waals surface area contributed by atoms with Gasteiger partial charge in [-0.25, -0.2) is 24.7 Å². The number of thiazole rings is 2. The maximum Gasteiger partial charge on any atom is 0.355 e. The Bertz CT molecular complexity index is 2590. The first-order valence-corrected chi connectivity index (χ1v) is 19.8. The first-order chi connectivity index (χ1) is 27.9. The highest BCUT2D eigenvalue weighted by molar-refractivity contribution is 7.13. The van der Waals surface area contributed by atoms with Crippen molar-refractivity contribution >= 4 is 57.5 Å². The van der Waals surface area contributed by atoms with Crippen LogP contribution in [0.5, 0.6) is 0 Å². The van der Waals surface area contributed by atoms with E-state index in [1.54, 1.807) is 30.4 Å². The highest BCUT2D eigenvalue weighted by atomic mass is 32.1. The molecule has 19 heteroatoms. The number of benzene rings is 2. The van der Waals surface area contributed by atoms with E-state index in [1.165, 1.54) is 22.7 Å². The number of anilines is 2. The second-order valence-electron chi connectivity index (χ2n) is 13.1. The van der Waals surface area contributed by atoms with Crippen molar-refractivity contribution in [3.8, 4) is 21.1 Å². The SMILES string of the molecule is N[C@H]1CCN(c2nccn3cnnc23)C1.O=C(N[C@H]1CCN(c2nccn3cnnc23)C1)c1csc(-c2ccccc2)n1.O=C(O)c1csc(-c2ccccc2)n1. The summed E-state index contributed by atoms with van der Waals surface area (Å²) in [5.41, 5.74) is 9.92. The van der Waals surface area contributed by atoms with Crippen LogP contribution in [0.1, 0.15) is 33.8 Å². The number of carboxylic acid groups (broad SMARTS) is 1. The van der Waals surface area contributed by atoms with Crippen molar-refractivity contribution in [3.63, 3.8) is 0 Å². The Morgan fingerprint density at radius 3 is 1.77 bits per heavy atom. The van der Waals surface area contributed by atoms with E-state index in [1.807, 2.05) is 87.2 Å². The van der Waals surface area contributed by atoms with Crippen molar-refractivity contribution in [3.05, 3.63) is 120 Å². The van der Waals surface area contributed by atoms with Gasteiger partial charge >= 0.3 is 5.97 Å². The molecule has 0 saturated carbocycles. The first-order valence-electron chi connectivity index (χ1n) is 18.0. The maximum absolute atomic E-state index is 12.6. The third-order valence-corrected chi connectivity index (χ3v) is 11.0. The number of nitrogens with zero attached hydrogens (tertiary/aromatic N) is 12. The molecule has 57 heavy (non-hydrogen) atoms. The van der Waals surface area contributed by atoms with Crippen LogP contribution in [0, 0.1) is 0 Å². The van der Waals surface area contributed by atoms with Crippen molar-refractivity contribution in [2.45, 2.75) is 24.9 Å². The van der Waals surface area contributed by atoms with Crippen LogP contribution >= 0.6 is 22.7 Å². The summed E-state index contributed by atoms with van der Waals surface area (Å²) in [5.74, 6) is 0.544. The third-order valence-electron chi connectivity index (χ3n) is 9.24. The van der Waals surface area contributed by atoms with Gasteiger partial charge in [-0.1, -0.05) is 60.7 Å². The molecule has 2 aliphatic heterocycles. The number of amides is 1. The largest absolute Gasteiger partial charge is 0.476 e. The predicted molar refractivity (Wildman–Crippen MR) is 217 cm³/mol. The summed E-state index contributed by atoms with van der Waals surface area (Å²) >= 11 is 2.82. The average Bonchev–Trinajstić information content (AvgIpc) is 4.10. The van der Waals surface area contributed by atoms with Crippen LogP contribution in [-0.2, 0) is 0 Å². The summed E-state index contributed by atoms with van der Waals surface area (Å²) < 4.78 is 3.71. The third kappa shape index (κ3) is 8.59. The number of nitrogens with one attached hydrogen (secondary N) is 1. The molecule has 2 aliphatic rings. The van der Waals surface area contributed by atoms with Gasteiger partial charge in [0.2, 0.25) is 11.3 Å². The zero-order valence-corrected chi connectivity index (χ0v) is 31.9. The average molecular weight is 801 g/mol. The number of carbonyl (C=O) groups is 2. The molecule has 0 bridgehead atoms. The molecule has 2 saturated heterocycles. The fraction of sp³-hybridized carbons (Fsp3) is 0.211. The Kier molecular flexibility index (Phi) is 11.1. The molecule has 2 aromatic carbocycles. The molecule has 2 fully saturated rings. The maximum atomic E-state index is 12.6. The van der Waals surface area contributed by atoms with Crippen molar-refractivity contribution in [2.24, 2.45) is 5.73 Å². The minimum absolute atomic E-state index is 0.0411. The molecule has 8 heterocycles. The summed E-state index contributed by atoms with van der Waals surface area (Å²) in [4.78, 5) is 44.8. The fourth-order valence-electron chi connectivity index (χ4n) is 6.42. The molecule has 17 nitrogen and oxygen atoms in total. The van der Waals surface area contributed by atoms with E-state index < -0.39 is 5.97 Å². The lowest BCUT2D eigenvalue weighted by Gasteiger charge is -2.17. The highest BCUT2D eigenvalue weighted by Gasteiger charge is 2.28. The summed E-state index contributed by atoms with van der Waals surface area (Å²) in [6.45, 7) is 3.28. The van der Waals surface area contributed by atoms with Crippen molar-refractivity contribution < 1.29 is 14.7 Å². The van der Waals surface area contributed by atoms with Gasteiger partial charge < -0.3 is 26.0 Å². The number of carboxylic acids is 1. The number of carbonyl (C=O) groups excluding carboxylic acids is 1. The van der Waals surface area contributed by atoms with Crippen LogP contribution in [0.15, 0.2) is 109 Å². The van der Waals surface area contributed by atoms with Crippen molar-refractivity contribution in [1.82, 2.24) is 54.4 Å². The Morgan fingerprint density at radius 1 is 0.719 bits per heavy atom. The molecule has 10 rings (SSSR count). The summed E-state index contributed by atoms with van der Waals surface area (Å²) in [7, 11) is 0. The second-order valence-corrected chi connectivity index (χ2v) is 14.9. The van der Waals surface area contributed by atoms with Gasteiger partial charge in [0.25, 0.3) is 5.91 Å². The fourth-order valence-corrected chi connectivity index (χ4v) is 8.03. The Labute approximate surface area is 333 Å². The zero-order valence-electron chi connectivity index (χ0n) is 30.3. The van der Waals surface area contributed by atoms with Crippen LogP contribution in [0.2, 0.25) is 0 Å². The van der Waals surface area contributed by atoms with Gasteiger partial charge in [-0.05, 0) is 12.8 Å². The molecule has 6 aromatic heterocycles. The quantitative estimate of drug-likeness (QED) is 0.204. The molecule has 288 valence electrons. The number of aromatic nitrogens is 10. The van der Waals surface area contributed by atoms with Crippen LogP contribution in [0.25, 0.3) is 32.4 Å². The monoisotopic (exact) mass is 800 g/mol. The van der Waals surface area contributed by atoms with Gasteiger partial charge in [-0.15, -0.1) is 43.1 Å². The first kappa shape index (κ1) is 37.2. The van der Waals surface area contributed by atoms with Crippen LogP contribution < -0.4 is 20.9 Å². The van der Waals surface area contributed by atoms with Gasteiger partial charge in [0.05, 0.1) is 0 Å². The van der Waals surface area contributed by atoms with Crippen LogP contribution in [-0.4, -0.2) is 104 Å². The Hall–Kier alpha value is -6.70. The lowest BCUT2D eigenvalue weighted by atomic mass is 10.2. The summed E-state index contributed by atoms with van der Waals surface area (Å²) in [6, 6.07) is 19.7. The molecule has 0 radical (unpaired) electrons. The smallest absolute Gasteiger partial charge is 0.355 e. The van der Waals surface area contributed by atoms with E-state index in [9.17, 15) is 9.59 Å². The molecule has 4 N–H and O–H groups in total. The summed E-state index contributed by atoms with van der Waals surface area (Å²) in [5, 5.41) is 32.7. The molecular weight excluding hydrogens is 765 g/mol. The standard InChI is InChI=1S/C19H17N7OS.C10H7NO2S.C9H12N6/c27-18(15-11-28-19(23-15)13-4-2-1-3-5-13)22-14-6-8-25(10-14)16-17-24-21-12-26(17)9-7-20-16;12-10(13)8-6-14-9(11-8)7-4-2-1-3-5-7;10-7-1-3-14(5-7)8-9-13-12-6-15(9)4-2-11-8/h1-5,7,9,11-12,14H,6,8,10H2,(H,22,27);1-6H,(H,12,13);2,4,6-7H,1,3,5,10H2/t14-;;7-/m0.0/s1. The number of aromatic carboxylic acids is 1. The van der Waals surface area contributed by atoms with E-state index in [0.29, 0.717) is 12.2 Å².